The second-order valence-corrected chi connectivity index (χ2v) is 6.44. The highest BCUT2D eigenvalue weighted by Gasteiger charge is 2.32. The number of amides is 2. The highest BCUT2D eigenvalue weighted by Crippen LogP contribution is 2.29. The van der Waals surface area contributed by atoms with Crippen molar-refractivity contribution in [3.8, 4) is 11.8 Å². The number of nitrogens with zero attached hydrogens (tertiary/aromatic N) is 4. The fraction of sp³-hybridized carbons (Fsp3) is 0.444. The minimum absolute atomic E-state index is 0.0755. The third kappa shape index (κ3) is 6.09. The predicted molar refractivity (Wildman–Crippen MR) is 101 cm³/mol. The Kier molecular flexibility index (Phi) is 6.75. The highest BCUT2D eigenvalue weighted by atomic mass is 19.4. The van der Waals surface area contributed by atoms with Crippen molar-refractivity contribution in [2.45, 2.75) is 32.2 Å². The maximum atomic E-state index is 12.5. The van der Waals surface area contributed by atoms with Crippen molar-refractivity contribution >= 4 is 17.7 Å². The van der Waals surface area contributed by atoms with Crippen LogP contribution in [-0.4, -0.2) is 47.5 Å². The Morgan fingerprint density at radius 2 is 1.87 bits per heavy atom. The fourth-order valence-corrected chi connectivity index (χ4v) is 2.90. The van der Waals surface area contributed by atoms with Crippen molar-refractivity contribution in [1.82, 2.24) is 20.3 Å². The number of carbonyl (C=O) groups is 1. The second-order valence-electron chi connectivity index (χ2n) is 6.44. The number of aromatic nitrogens is 3. The molecule has 2 heterocycles. The summed E-state index contributed by atoms with van der Waals surface area (Å²) in [5.74, 6) is 0.203. The van der Waals surface area contributed by atoms with Crippen LogP contribution in [0.5, 0.6) is 11.8 Å². The van der Waals surface area contributed by atoms with Crippen molar-refractivity contribution < 1.29 is 27.4 Å². The number of hydrogen-bond acceptors (Lipinski definition) is 7. The van der Waals surface area contributed by atoms with Crippen LogP contribution in [0.15, 0.2) is 24.3 Å². The number of benzene rings is 1. The Bertz CT molecular complexity index is 874. The number of hydrogen-bond donors (Lipinski definition) is 2. The highest BCUT2D eigenvalue weighted by molar-refractivity contribution is 5.90. The number of nitrogens with one attached hydrogen (secondary N) is 2. The molecular weight excluding hydrogens is 405 g/mol. The average molecular weight is 426 g/mol. The van der Waals surface area contributed by atoms with E-state index in [1.807, 2.05) is 4.90 Å². The molecule has 3 rings (SSSR count). The molecule has 1 aliphatic rings. The smallest absolute Gasteiger partial charge is 0.467 e. The quantitative estimate of drug-likeness (QED) is 0.732. The second kappa shape index (κ2) is 9.46. The number of piperidine rings is 1. The minimum atomic E-state index is -4.87. The number of urea groups is 1. The maximum Gasteiger partial charge on any atom is 0.573 e. The molecule has 2 N–H and O–H groups in total. The van der Waals surface area contributed by atoms with Gasteiger partial charge in [-0.15, -0.1) is 13.2 Å². The molecule has 1 saturated heterocycles. The zero-order valence-electron chi connectivity index (χ0n) is 16.2. The Hall–Kier alpha value is -3.31. The van der Waals surface area contributed by atoms with Gasteiger partial charge in [0.2, 0.25) is 5.95 Å². The van der Waals surface area contributed by atoms with Crippen LogP contribution in [0.4, 0.5) is 29.6 Å². The Morgan fingerprint density at radius 3 is 2.57 bits per heavy atom. The molecule has 162 valence electrons. The summed E-state index contributed by atoms with van der Waals surface area (Å²) in [5, 5.41) is 4.83. The molecule has 2 amide bonds. The van der Waals surface area contributed by atoms with E-state index < -0.39 is 18.1 Å². The lowest BCUT2D eigenvalue weighted by Gasteiger charge is -2.26. The first-order valence-corrected chi connectivity index (χ1v) is 9.27. The monoisotopic (exact) mass is 426 g/mol. The van der Waals surface area contributed by atoms with E-state index in [9.17, 15) is 18.0 Å². The van der Waals surface area contributed by atoms with Gasteiger partial charge in [0.1, 0.15) is 0 Å². The topological polar surface area (TPSA) is 102 Å². The molecule has 9 nitrogen and oxygen atoms in total. The summed E-state index contributed by atoms with van der Waals surface area (Å²) in [5.41, 5.74) is -0.130. The standard InChI is InChI=1S/C18H21F3N6O3/c1-29-17-25-14(24-15(26-17)27-9-5-2-6-10-27)11-22-16(28)23-12-7-3-4-8-13(12)30-18(19,20)21/h3-4,7-8H,2,5-6,9-11H2,1H3,(H2,22,23,28). The van der Waals surface area contributed by atoms with Crippen LogP contribution in [0.2, 0.25) is 0 Å². The van der Waals surface area contributed by atoms with Crippen LogP contribution in [0, 0.1) is 0 Å². The van der Waals surface area contributed by atoms with Gasteiger partial charge in [-0.3, -0.25) is 0 Å². The Balaban J connectivity index is 1.65. The SMILES string of the molecule is COc1nc(CNC(=O)Nc2ccccc2OC(F)(F)F)nc(N2CCCCC2)n1. The zero-order chi connectivity index (χ0) is 21.6. The van der Waals surface area contributed by atoms with Gasteiger partial charge in [0.15, 0.2) is 11.6 Å². The lowest BCUT2D eigenvalue weighted by Crippen LogP contribution is -2.33. The van der Waals surface area contributed by atoms with Crippen molar-refractivity contribution in [2.75, 3.05) is 30.4 Å². The molecule has 0 aliphatic carbocycles. The summed E-state index contributed by atoms with van der Waals surface area (Å²) < 4.78 is 46.5. The van der Waals surface area contributed by atoms with Crippen LogP contribution in [0.1, 0.15) is 25.1 Å². The van der Waals surface area contributed by atoms with Crippen LogP contribution in [-0.2, 0) is 6.54 Å². The molecule has 1 aromatic carbocycles. The summed E-state index contributed by atoms with van der Waals surface area (Å²) in [7, 11) is 1.43. The normalized spacial score (nSPS) is 14.2. The van der Waals surface area contributed by atoms with Gasteiger partial charge in [-0.05, 0) is 31.4 Å². The molecule has 0 bridgehead atoms. The molecule has 1 aliphatic heterocycles. The molecule has 0 unspecified atom stereocenters. The summed E-state index contributed by atoms with van der Waals surface area (Å²) >= 11 is 0. The molecule has 0 atom stereocenters. The first-order chi connectivity index (χ1) is 14.3. The van der Waals surface area contributed by atoms with Gasteiger partial charge in [0.25, 0.3) is 0 Å². The first-order valence-electron chi connectivity index (χ1n) is 9.27. The number of alkyl halides is 3. The minimum Gasteiger partial charge on any atom is -0.467 e. The third-order valence-corrected chi connectivity index (χ3v) is 4.24. The lowest BCUT2D eigenvalue weighted by molar-refractivity contribution is -0.274. The van der Waals surface area contributed by atoms with Crippen LogP contribution >= 0.6 is 0 Å². The van der Waals surface area contributed by atoms with E-state index in [0.717, 1.165) is 38.4 Å². The van der Waals surface area contributed by atoms with Crippen LogP contribution < -0.4 is 25.0 Å². The van der Waals surface area contributed by atoms with Gasteiger partial charge in [-0.25, -0.2) is 4.79 Å². The summed E-state index contributed by atoms with van der Waals surface area (Å²) in [4.78, 5) is 26.9. The molecule has 0 spiro atoms. The van der Waals surface area contributed by atoms with Gasteiger partial charge in [0, 0.05) is 13.1 Å². The summed E-state index contributed by atoms with van der Waals surface area (Å²) in [6.45, 7) is 1.56. The zero-order valence-corrected chi connectivity index (χ0v) is 16.2. The average Bonchev–Trinajstić information content (AvgIpc) is 2.73. The van der Waals surface area contributed by atoms with Gasteiger partial charge in [-0.2, -0.15) is 15.0 Å². The number of ether oxygens (including phenoxy) is 2. The molecule has 12 heteroatoms. The van der Waals surface area contributed by atoms with Gasteiger partial charge in [0.05, 0.1) is 19.3 Å². The molecule has 1 fully saturated rings. The first kappa shape index (κ1) is 21.4. The molecular formula is C18H21F3N6O3. The van der Waals surface area contributed by atoms with Crippen molar-refractivity contribution in [3.05, 3.63) is 30.1 Å². The third-order valence-electron chi connectivity index (χ3n) is 4.24. The van der Waals surface area contributed by atoms with Crippen molar-refractivity contribution in [2.24, 2.45) is 0 Å². The molecule has 0 saturated carbocycles. The molecule has 1 aromatic heterocycles. The van der Waals surface area contributed by atoms with E-state index >= 15 is 0 Å². The Morgan fingerprint density at radius 1 is 1.13 bits per heavy atom. The largest absolute Gasteiger partial charge is 0.573 e. The summed E-state index contributed by atoms with van der Waals surface area (Å²) in [6, 6.07) is 4.61. The number of halogens is 3. The fourth-order valence-electron chi connectivity index (χ4n) is 2.90. The number of rotatable bonds is 6. The van der Waals surface area contributed by atoms with E-state index in [4.69, 9.17) is 4.74 Å². The van der Waals surface area contributed by atoms with E-state index in [-0.39, 0.29) is 24.1 Å². The van der Waals surface area contributed by atoms with Crippen molar-refractivity contribution in [1.29, 1.82) is 0 Å². The van der Waals surface area contributed by atoms with Gasteiger partial charge >= 0.3 is 18.4 Å². The molecule has 30 heavy (non-hydrogen) atoms. The van der Waals surface area contributed by atoms with Crippen LogP contribution in [0.25, 0.3) is 0 Å². The summed E-state index contributed by atoms with van der Waals surface area (Å²) in [6.07, 6.45) is -1.67. The van der Waals surface area contributed by atoms with Crippen molar-refractivity contribution in [3.63, 3.8) is 0 Å². The Labute approximate surface area is 170 Å². The van der Waals surface area contributed by atoms with Crippen LogP contribution in [0.3, 0.4) is 0 Å². The molecule has 2 aromatic rings. The van der Waals surface area contributed by atoms with Gasteiger partial charge < -0.3 is 25.0 Å². The maximum absolute atomic E-state index is 12.5. The van der Waals surface area contributed by atoms with E-state index in [2.05, 4.69) is 30.3 Å². The number of para-hydroxylation sites is 2. The van der Waals surface area contributed by atoms with E-state index in [1.54, 1.807) is 0 Å². The van der Waals surface area contributed by atoms with E-state index in [1.165, 1.54) is 25.3 Å². The lowest BCUT2D eigenvalue weighted by atomic mass is 10.1. The number of anilines is 2. The number of methoxy groups -OCH3 is 1. The molecule has 0 radical (unpaired) electrons. The van der Waals surface area contributed by atoms with E-state index in [0.29, 0.717) is 5.95 Å². The van der Waals surface area contributed by atoms with Gasteiger partial charge in [-0.1, -0.05) is 12.1 Å². The predicted octanol–water partition coefficient (Wildman–Crippen LogP) is 3.09. The number of carbonyl (C=O) groups excluding carboxylic acids is 1.